The quantitative estimate of drug-likeness (QED) is 0.674. The molecule has 0 spiro atoms. The maximum atomic E-state index is 10.6. The standard InChI is InChI=1S/C19H24O5/c1-10-11(2)19(24-4)17(12(3)18(10)23)16(22)9-8-13-14(20)6-5-7-15(13)21/h5-7,16,20-23H,8-9H2,1-4H3. The minimum atomic E-state index is -0.899. The summed E-state index contributed by atoms with van der Waals surface area (Å²) in [5.41, 5.74) is 3.00. The van der Waals surface area contributed by atoms with Crippen molar-refractivity contribution in [3.8, 4) is 23.0 Å². The second-order valence-electron chi connectivity index (χ2n) is 6.00. The first-order chi connectivity index (χ1) is 11.3. The van der Waals surface area contributed by atoms with E-state index in [1.54, 1.807) is 19.9 Å². The van der Waals surface area contributed by atoms with Crippen LogP contribution in [0.2, 0.25) is 0 Å². The van der Waals surface area contributed by atoms with Gasteiger partial charge in [-0.1, -0.05) is 6.07 Å². The molecule has 0 fully saturated rings. The Hall–Kier alpha value is -2.40. The summed E-state index contributed by atoms with van der Waals surface area (Å²) in [6.45, 7) is 5.37. The SMILES string of the molecule is COc1c(C)c(C)c(O)c(C)c1C(O)CCc1c(O)cccc1O. The third-order valence-corrected chi connectivity index (χ3v) is 4.59. The fraction of sp³-hybridized carbons (Fsp3) is 0.368. The molecule has 0 aliphatic rings. The highest BCUT2D eigenvalue weighted by Crippen LogP contribution is 2.41. The molecule has 0 saturated heterocycles. The molecule has 0 heterocycles. The lowest BCUT2D eigenvalue weighted by molar-refractivity contribution is 0.161. The molecule has 0 radical (unpaired) electrons. The predicted octanol–water partition coefficient (Wildman–Crippen LogP) is 3.40. The van der Waals surface area contributed by atoms with Gasteiger partial charge in [-0.15, -0.1) is 0 Å². The molecule has 130 valence electrons. The topological polar surface area (TPSA) is 90.2 Å². The van der Waals surface area contributed by atoms with Crippen molar-refractivity contribution in [3.63, 3.8) is 0 Å². The number of hydrogen-bond donors (Lipinski definition) is 4. The summed E-state index contributed by atoms with van der Waals surface area (Å²) in [5, 5.41) is 40.6. The molecule has 4 N–H and O–H groups in total. The zero-order chi connectivity index (χ0) is 18.0. The van der Waals surface area contributed by atoms with Gasteiger partial charge in [0, 0.05) is 16.7 Å². The van der Waals surface area contributed by atoms with E-state index < -0.39 is 6.10 Å². The summed E-state index contributed by atoms with van der Waals surface area (Å²) in [5.74, 6) is 0.687. The van der Waals surface area contributed by atoms with Gasteiger partial charge in [0.25, 0.3) is 0 Å². The van der Waals surface area contributed by atoms with Gasteiger partial charge >= 0.3 is 0 Å². The fourth-order valence-electron chi connectivity index (χ4n) is 3.04. The monoisotopic (exact) mass is 332 g/mol. The molecule has 2 aromatic carbocycles. The molecule has 1 atom stereocenters. The molecule has 24 heavy (non-hydrogen) atoms. The molecule has 0 aliphatic heterocycles. The van der Waals surface area contributed by atoms with Gasteiger partial charge in [0.05, 0.1) is 13.2 Å². The number of aliphatic hydroxyl groups is 1. The minimum Gasteiger partial charge on any atom is -0.508 e. The predicted molar refractivity (Wildman–Crippen MR) is 91.9 cm³/mol. The average molecular weight is 332 g/mol. The van der Waals surface area contributed by atoms with Crippen molar-refractivity contribution in [1.82, 2.24) is 0 Å². The molecule has 2 aromatic rings. The highest BCUT2D eigenvalue weighted by atomic mass is 16.5. The van der Waals surface area contributed by atoms with Crippen LogP contribution in [0.1, 0.15) is 40.3 Å². The largest absolute Gasteiger partial charge is 0.508 e. The Morgan fingerprint density at radius 1 is 0.958 bits per heavy atom. The van der Waals surface area contributed by atoms with E-state index in [-0.39, 0.29) is 30.1 Å². The Morgan fingerprint density at radius 3 is 2.08 bits per heavy atom. The van der Waals surface area contributed by atoms with E-state index in [2.05, 4.69) is 0 Å². The van der Waals surface area contributed by atoms with Crippen LogP contribution in [0.25, 0.3) is 0 Å². The maximum Gasteiger partial charge on any atom is 0.128 e. The van der Waals surface area contributed by atoms with Gasteiger partial charge in [-0.2, -0.15) is 0 Å². The Bertz CT molecular complexity index is 732. The number of phenolic OH excluding ortho intramolecular Hbond substituents is 3. The summed E-state index contributed by atoms with van der Waals surface area (Å²) in [4.78, 5) is 0. The van der Waals surface area contributed by atoms with Gasteiger partial charge in [-0.3, -0.25) is 0 Å². The van der Waals surface area contributed by atoms with E-state index in [4.69, 9.17) is 4.74 Å². The van der Waals surface area contributed by atoms with Crippen LogP contribution in [0.15, 0.2) is 18.2 Å². The zero-order valence-electron chi connectivity index (χ0n) is 14.4. The highest BCUT2D eigenvalue weighted by Gasteiger charge is 2.23. The Labute approximate surface area is 141 Å². The van der Waals surface area contributed by atoms with Crippen molar-refractivity contribution in [2.75, 3.05) is 7.11 Å². The third-order valence-electron chi connectivity index (χ3n) is 4.59. The Kier molecular flexibility index (Phi) is 5.24. The van der Waals surface area contributed by atoms with Crippen molar-refractivity contribution in [2.45, 2.75) is 39.7 Å². The number of hydrogen-bond acceptors (Lipinski definition) is 5. The number of methoxy groups -OCH3 is 1. The van der Waals surface area contributed by atoms with Crippen molar-refractivity contribution in [2.24, 2.45) is 0 Å². The lowest BCUT2D eigenvalue weighted by Crippen LogP contribution is -2.08. The summed E-state index contributed by atoms with van der Waals surface area (Å²) in [6, 6.07) is 4.55. The number of aromatic hydroxyl groups is 3. The number of aliphatic hydroxyl groups excluding tert-OH is 1. The van der Waals surface area contributed by atoms with Gasteiger partial charge in [0.15, 0.2) is 0 Å². The normalized spacial score (nSPS) is 12.2. The van der Waals surface area contributed by atoms with E-state index >= 15 is 0 Å². The molecule has 0 saturated carbocycles. The minimum absolute atomic E-state index is 0.00572. The molecule has 5 nitrogen and oxygen atoms in total. The lowest BCUT2D eigenvalue weighted by Gasteiger charge is -2.22. The molecule has 1 unspecified atom stereocenters. The second kappa shape index (κ2) is 7.01. The number of ether oxygens (including phenoxy) is 1. The van der Waals surface area contributed by atoms with Crippen LogP contribution in [0.5, 0.6) is 23.0 Å². The van der Waals surface area contributed by atoms with Gasteiger partial charge in [-0.25, -0.2) is 0 Å². The lowest BCUT2D eigenvalue weighted by atomic mass is 9.91. The van der Waals surface area contributed by atoms with Crippen molar-refractivity contribution in [3.05, 3.63) is 46.0 Å². The van der Waals surface area contributed by atoms with Crippen LogP contribution >= 0.6 is 0 Å². The van der Waals surface area contributed by atoms with E-state index in [1.165, 1.54) is 19.2 Å². The van der Waals surface area contributed by atoms with Crippen molar-refractivity contribution < 1.29 is 25.2 Å². The molecular weight excluding hydrogens is 308 g/mol. The van der Waals surface area contributed by atoms with Crippen molar-refractivity contribution in [1.29, 1.82) is 0 Å². The number of rotatable bonds is 5. The summed E-state index contributed by atoms with van der Waals surface area (Å²) in [7, 11) is 1.53. The molecule has 0 bridgehead atoms. The molecular formula is C19H24O5. The van der Waals surface area contributed by atoms with Crippen LogP contribution in [0.3, 0.4) is 0 Å². The van der Waals surface area contributed by atoms with E-state index in [1.807, 2.05) is 6.92 Å². The first-order valence-electron chi connectivity index (χ1n) is 7.84. The first kappa shape index (κ1) is 17.9. The molecule has 0 amide bonds. The van der Waals surface area contributed by atoms with Gasteiger partial charge in [0.1, 0.15) is 23.0 Å². The molecule has 0 aromatic heterocycles. The fourth-order valence-corrected chi connectivity index (χ4v) is 3.04. The van der Waals surface area contributed by atoms with E-state index in [9.17, 15) is 20.4 Å². The average Bonchev–Trinajstić information content (AvgIpc) is 2.55. The van der Waals surface area contributed by atoms with Crippen molar-refractivity contribution >= 4 is 0 Å². The molecule has 2 rings (SSSR count). The van der Waals surface area contributed by atoms with Gasteiger partial charge in [-0.05, 0) is 56.9 Å². The molecule has 0 aliphatic carbocycles. The summed E-state index contributed by atoms with van der Waals surface area (Å²) >= 11 is 0. The number of phenols is 3. The van der Waals surface area contributed by atoms with Gasteiger partial charge < -0.3 is 25.2 Å². The van der Waals surface area contributed by atoms with Crippen LogP contribution in [0, 0.1) is 20.8 Å². The Morgan fingerprint density at radius 2 is 1.54 bits per heavy atom. The highest BCUT2D eigenvalue weighted by molar-refractivity contribution is 5.58. The van der Waals surface area contributed by atoms with Crippen LogP contribution in [-0.2, 0) is 6.42 Å². The van der Waals surface area contributed by atoms with Crippen LogP contribution < -0.4 is 4.74 Å². The van der Waals surface area contributed by atoms with Gasteiger partial charge in [0.2, 0.25) is 0 Å². The smallest absolute Gasteiger partial charge is 0.128 e. The third kappa shape index (κ3) is 3.12. The zero-order valence-corrected chi connectivity index (χ0v) is 14.4. The van der Waals surface area contributed by atoms with E-state index in [0.29, 0.717) is 22.4 Å². The molecule has 5 heteroatoms. The van der Waals surface area contributed by atoms with Crippen LogP contribution in [-0.4, -0.2) is 27.5 Å². The first-order valence-corrected chi connectivity index (χ1v) is 7.84. The number of benzene rings is 2. The second-order valence-corrected chi connectivity index (χ2v) is 6.00. The summed E-state index contributed by atoms with van der Waals surface area (Å²) < 4.78 is 5.44. The maximum absolute atomic E-state index is 10.6. The van der Waals surface area contributed by atoms with E-state index in [0.717, 1.165) is 11.1 Å². The summed E-state index contributed by atoms with van der Waals surface area (Å²) in [6.07, 6.45) is -0.343. The van der Waals surface area contributed by atoms with Crippen LogP contribution in [0.4, 0.5) is 0 Å². The Balaban J connectivity index is 2.35.